The van der Waals surface area contributed by atoms with Crippen LogP contribution in [0, 0.1) is 0 Å². The highest BCUT2D eigenvalue weighted by Crippen LogP contribution is 2.33. The molecular formula is C9H16F3NO2. The van der Waals surface area contributed by atoms with Crippen LogP contribution in [-0.4, -0.2) is 35.6 Å². The van der Waals surface area contributed by atoms with E-state index in [1.807, 2.05) is 0 Å². The third-order valence-corrected chi connectivity index (χ3v) is 2.77. The lowest BCUT2D eigenvalue weighted by Gasteiger charge is -2.23. The molecule has 3 N–H and O–H groups in total. The van der Waals surface area contributed by atoms with E-state index in [-0.39, 0.29) is 13.0 Å². The van der Waals surface area contributed by atoms with Crippen molar-refractivity contribution in [1.29, 1.82) is 0 Å². The van der Waals surface area contributed by atoms with Crippen LogP contribution in [0.25, 0.3) is 0 Å². The van der Waals surface area contributed by atoms with Crippen LogP contribution >= 0.6 is 0 Å². The minimum absolute atomic E-state index is 0.215. The number of halogens is 3. The van der Waals surface area contributed by atoms with Gasteiger partial charge in [0.25, 0.3) is 0 Å². The highest BCUT2D eigenvalue weighted by molar-refractivity contribution is 4.94. The van der Waals surface area contributed by atoms with Crippen LogP contribution in [0.5, 0.6) is 0 Å². The van der Waals surface area contributed by atoms with Gasteiger partial charge in [-0.25, -0.2) is 0 Å². The lowest BCUT2D eigenvalue weighted by Crippen LogP contribution is -2.42. The Morgan fingerprint density at radius 2 is 2.20 bits per heavy atom. The normalized spacial score (nSPS) is 34.4. The molecule has 0 aromatic rings. The van der Waals surface area contributed by atoms with E-state index in [1.165, 1.54) is 0 Å². The fourth-order valence-corrected chi connectivity index (χ4v) is 1.73. The SMILES string of the molecule is CC(OC1CCC(N)(CO)C1)C(F)(F)F. The lowest BCUT2D eigenvalue weighted by atomic mass is 10.0. The molecule has 0 bridgehead atoms. The number of hydrogen-bond acceptors (Lipinski definition) is 3. The van der Waals surface area contributed by atoms with Crippen molar-refractivity contribution in [2.24, 2.45) is 5.73 Å². The van der Waals surface area contributed by atoms with Gasteiger partial charge in [0.15, 0.2) is 6.10 Å². The molecule has 0 aromatic heterocycles. The van der Waals surface area contributed by atoms with E-state index in [4.69, 9.17) is 15.6 Å². The topological polar surface area (TPSA) is 55.5 Å². The first-order valence-electron chi connectivity index (χ1n) is 4.89. The molecule has 0 aliphatic heterocycles. The maximum atomic E-state index is 12.2. The first-order chi connectivity index (χ1) is 6.77. The zero-order valence-electron chi connectivity index (χ0n) is 8.55. The summed E-state index contributed by atoms with van der Waals surface area (Å²) in [6.45, 7) is 0.767. The summed E-state index contributed by atoms with van der Waals surface area (Å²) >= 11 is 0. The predicted molar refractivity (Wildman–Crippen MR) is 48.2 cm³/mol. The predicted octanol–water partition coefficient (Wildman–Crippen LogP) is 1.20. The molecule has 15 heavy (non-hydrogen) atoms. The van der Waals surface area contributed by atoms with Crippen molar-refractivity contribution in [2.75, 3.05) is 6.61 Å². The molecule has 1 rings (SSSR count). The third-order valence-electron chi connectivity index (χ3n) is 2.77. The lowest BCUT2D eigenvalue weighted by molar-refractivity contribution is -0.226. The summed E-state index contributed by atoms with van der Waals surface area (Å²) in [5.41, 5.74) is 4.95. The van der Waals surface area contributed by atoms with Crippen molar-refractivity contribution in [3.05, 3.63) is 0 Å². The second kappa shape index (κ2) is 4.27. The second-order valence-corrected chi connectivity index (χ2v) is 4.21. The number of ether oxygens (including phenoxy) is 1. The van der Waals surface area contributed by atoms with Gasteiger partial charge in [-0.2, -0.15) is 13.2 Å². The van der Waals surface area contributed by atoms with Gasteiger partial charge >= 0.3 is 6.18 Å². The number of rotatable bonds is 3. The Hall–Kier alpha value is -0.330. The molecule has 1 aliphatic carbocycles. The van der Waals surface area contributed by atoms with Crippen molar-refractivity contribution < 1.29 is 23.0 Å². The second-order valence-electron chi connectivity index (χ2n) is 4.21. The Labute approximate surface area is 86.4 Å². The Morgan fingerprint density at radius 1 is 1.60 bits per heavy atom. The third kappa shape index (κ3) is 3.32. The molecule has 0 aromatic carbocycles. The maximum Gasteiger partial charge on any atom is 0.414 e. The van der Waals surface area contributed by atoms with Crippen LogP contribution in [0.3, 0.4) is 0 Å². The molecule has 0 heterocycles. The molecule has 1 fully saturated rings. The van der Waals surface area contributed by atoms with Gasteiger partial charge in [-0.15, -0.1) is 0 Å². The molecular weight excluding hydrogens is 211 g/mol. The first kappa shape index (κ1) is 12.7. The Bertz CT molecular complexity index is 222. The fourth-order valence-electron chi connectivity index (χ4n) is 1.73. The number of alkyl halides is 3. The number of nitrogens with two attached hydrogens (primary N) is 1. The van der Waals surface area contributed by atoms with Crippen LogP contribution in [0.1, 0.15) is 26.2 Å². The van der Waals surface area contributed by atoms with E-state index in [0.29, 0.717) is 12.8 Å². The monoisotopic (exact) mass is 227 g/mol. The van der Waals surface area contributed by atoms with Gasteiger partial charge in [0.05, 0.1) is 12.7 Å². The highest BCUT2D eigenvalue weighted by Gasteiger charge is 2.42. The van der Waals surface area contributed by atoms with Crippen molar-refractivity contribution >= 4 is 0 Å². The molecule has 3 atom stereocenters. The van der Waals surface area contributed by atoms with Crippen molar-refractivity contribution in [1.82, 2.24) is 0 Å². The van der Waals surface area contributed by atoms with Crippen LogP contribution in [0.15, 0.2) is 0 Å². The minimum Gasteiger partial charge on any atom is -0.394 e. The molecule has 3 unspecified atom stereocenters. The number of aliphatic hydroxyl groups excluding tert-OH is 1. The van der Waals surface area contributed by atoms with E-state index in [9.17, 15) is 13.2 Å². The summed E-state index contributed by atoms with van der Waals surface area (Å²) in [7, 11) is 0. The highest BCUT2D eigenvalue weighted by atomic mass is 19.4. The van der Waals surface area contributed by atoms with Gasteiger partial charge in [0.2, 0.25) is 0 Å². The Morgan fingerprint density at radius 3 is 2.60 bits per heavy atom. The summed E-state index contributed by atoms with van der Waals surface area (Å²) in [5.74, 6) is 0. The van der Waals surface area contributed by atoms with E-state index in [0.717, 1.165) is 6.92 Å². The summed E-state index contributed by atoms with van der Waals surface area (Å²) < 4.78 is 41.4. The summed E-state index contributed by atoms with van der Waals surface area (Å²) in [6.07, 6.45) is -5.36. The zero-order chi connectivity index (χ0) is 11.7. The van der Waals surface area contributed by atoms with Crippen LogP contribution in [0.4, 0.5) is 13.2 Å². The molecule has 1 aliphatic rings. The molecule has 6 heteroatoms. The minimum atomic E-state index is -4.33. The van der Waals surface area contributed by atoms with E-state index in [2.05, 4.69) is 0 Å². The first-order valence-corrected chi connectivity index (χ1v) is 4.89. The standard InChI is InChI=1S/C9H16F3NO2/c1-6(9(10,11)12)15-7-2-3-8(13,4-7)5-14/h6-7,14H,2-5,13H2,1H3. The molecule has 3 nitrogen and oxygen atoms in total. The average Bonchev–Trinajstić information content (AvgIpc) is 2.47. The molecule has 1 saturated carbocycles. The molecule has 0 amide bonds. The van der Waals surface area contributed by atoms with Gasteiger partial charge in [-0.05, 0) is 26.2 Å². The molecule has 0 saturated heterocycles. The van der Waals surface area contributed by atoms with Crippen LogP contribution < -0.4 is 5.73 Å². The van der Waals surface area contributed by atoms with E-state index >= 15 is 0 Å². The van der Waals surface area contributed by atoms with Crippen molar-refractivity contribution in [3.8, 4) is 0 Å². The Balaban J connectivity index is 2.43. The fraction of sp³-hybridized carbons (Fsp3) is 1.00. The van der Waals surface area contributed by atoms with Crippen LogP contribution in [-0.2, 0) is 4.74 Å². The largest absolute Gasteiger partial charge is 0.414 e. The Kier molecular flexibility index (Phi) is 3.63. The summed E-state index contributed by atoms with van der Waals surface area (Å²) in [5, 5.41) is 8.93. The van der Waals surface area contributed by atoms with Gasteiger partial charge in [0, 0.05) is 5.54 Å². The van der Waals surface area contributed by atoms with Gasteiger partial charge < -0.3 is 15.6 Å². The van der Waals surface area contributed by atoms with E-state index in [1.54, 1.807) is 0 Å². The number of aliphatic hydroxyl groups is 1. The maximum absolute atomic E-state index is 12.2. The van der Waals surface area contributed by atoms with Gasteiger partial charge in [-0.3, -0.25) is 0 Å². The van der Waals surface area contributed by atoms with Crippen molar-refractivity contribution in [3.63, 3.8) is 0 Å². The smallest absolute Gasteiger partial charge is 0.394 e. The molecule has 90 valence electrons. The van der Waals surface area contributed by atoms with Crippen molar-refractivity contribution in [2.45, 2.75) is 50.1 Å². The van der Waals surface area contributed by atoms with Gasteiger partial charge in [0.1, 0.15) is 0 Å². The summed E-state index contributed by atoms with van der Waals surface area (Å²) in [6, 6.07) is 0. The quantitative estimate of drug-likeness (QED) is 0.761. The number of hydrogen-bond donors (Lipinski definition) is 2. The van der Waals surface area contributed by atoms with Crippen LogP contribution in [0.2, 0.25) is 0 Å². The average molecular weight is 227 g/mol. The van der Waals surface area contributed by atoms with Gasteiger partial charge in [-0.1, -0.05) is 0 Å². The molecule has 0 radical (unpaired) electrons. The molecule has 0 spiro atoms. The van der Waals surface area contributed by atoms with E-state index < -0.39 is 23.9 Å². The zero-order valence-corrected chi connectivity index (χ0v) is 8.55. The summed E-state index contributed by atoms with van der Waals surface area (Å²) in [4.78, 5) is 0.